The number of sulfonamides is 1. The van der Waals surface area contributed by atoms with Crippen LogP contribution in [0, 0.1) is 0 Å². The van der Waals surface area contributed by atoms with E-state index in [0.717, 1.165) is 9.87 Å². The van der Waals surface area contributed by atoms with Crippen molar-refractivity contribution < 1.29 is 13.2 Å². The molecule has 3 aromatic rings. The summed E-state index contributed by atoms with van der Waals surface area (Å²) in [6.45, 7) is -0.392. The Morgan fingerprint density at radius 3 is 2.36 bits per heavy atom. The quantitative estimate of drug-likeness (QED) is 0.645. The number of nitrogens with zero attached hydrogens (tertiary/aromatic N) is 1. The number of amides is 1. The molecule has 1 amide bonds. The fraction of sp³-hybridized carbons (Fsp3) is 0.0500. The highest BCUT2D eigenvalue weighted by Crippen LogP contribution is 2.42. The molecule has 0 saturated carbocycles. The molecule has 0 radical (unpaired) electrons. The average Bonchev–Trinajstić information content (AvgIpc) is 2.69. The van der Waals surface area contributed by atoms with Gasteiger partial charge in [-0.1, -0.05) is 65.7 Å². The van der Waals surface area contributed by atoms with E-state index < -0.39 is 22.5 Å². The molecule has 4 rings (SSSR count). The molecule has 8 heteroatoms. The predicted octanol–water partition coefficient (Wildman–Crippen LogP) is 4.81. The molecule has 3 aromatic carbocycles. The zero-order valence-electron chi connectivity index (χ0n) is 14.4. The van der Waals surface area contributed by atoms with Crippen molar-refractivity contribution in [3.8, 4) is 11.1 Å². The fourth-order valence-electron chi connectivity index (χ4n) is 3.17. The summed E-state index contributed by atoms with van der Waals surface area (Å²) in [5.74, 6) is -0.526. The molecule has 5 nitrogen and oxygen atoms in total. The Morgan fingerprint density at radius 1 is 0.893 bits per heavy atom. The molecule has 1 aliphatic rings. The number of para-hydroxylation sites is 1. The van der Waals surface area contributed by atoms with Crippen molar-refractivity contribution in [2.75, 3.05) is 16.2 Å². The number of anilines is 2. The van der Waals surface area contributed by atoms with Gasteiger partial charge in [-0.15, -0.1) is 0 Å². The average molecular weight is 433 g/mol. The summed E-state index contributed by atoms with van der Waals surface area (Å²) in [6.07, 6.45) is 0. The first-order chi connectivity index (χ1) is 13.4. The van der Waals surface area contributed by atoms with Gasteiger partial charge in [-0.3, -0.25) is 9.10 Å². The van der Waals surface area contributed by atoms with Crippen LogP contribution < -0.4 is 9.62 Å². The third-order valence-electron chi connectivity index (χ3n) is 4.43. The summed E-state index contributed by atoms with van der Waals surface area (Å²) in [6, 6.07) is 18.7. The molecule has 0 saturated heterocycles. The zero-order chi connectivity index (χ0) is 19.9. The molecule has 0 bridgehead atoms. The van der Waals surface area contributed by atoms with Gasteiger partial charge in [-0.25, -0.2) is 8.42 Å². The molecule has 0 atom stereocenters. The Balaban J connectivity index is 1.72. The second-order valence-electron chi connectivity index (χ2n) is 6.17. The molecule has 1 heterocycles. The monoisotopic (exact) mass is 432 g/mol. The Hall–Kier alpha value is -2.54. The van der Waals surface area contributed by atoms with Crippen molar-refractivity contribution in [1.82, 2.24) is 0 Å². The van der Waals surface area contributed by atoms with Crippen molar-refractivity contribution in [2.24, 2.45) is 0 Å². The van der Waals surface area contributed by atoms with Crippen molar-refractivity contribution in [3.63, 3.8) is 0 Å². The summed E-state index contributed by atoms with van der Waals surface area (Å²) >= 11 is 12.1. The van der Waals surface area contributed by atoms with Gasteiger partial charge in [0, 0.05) is 11.1 Å². The Bertz CT molecular complexity index is 1200. The van der Waals surface area contributed by atoms with Crippen LogP contribution >= 0.6 is 23.2 Å². The molecule has 0 aromatic heterocycles. The second kappa shape index (κ2) is 7.13. The lowest BCUT2D eigenvalue weighted by Gasteiger charge is -2.31. The second-order valence-corrected chi connectivity index (χ2v) is 8.79. The van der Waals surface area contributed by atoms with Gasteiger partial charge in [0.15, 0.2) is 0 Å². The number of benzene rings is 3. The van der Waals surface area contributed by atoms with E-state index in [-0.39, 0.29) is 9.92 Å². The van der Waals surface area contributed by atoms with Crippen LogP contribution in [0.3, 0.4) is 0 Å². The van der Waals surface area contributed by atoms with Gasteiger partial charge in [0.1, 0.15) is 6.54 Å². The van der Waals surface area contributed by atoms with Crippen LogP contribution in [0.25, 0.3) is 11.1 Å². The van der Waals surface area contributed by atoms with E-state index in [1.165, 1.54) is 0 Å². The third-order valence-corrected chi connectivity index (χ3v) is 7.07. The van der Waals surface area contributed by atoms with Crippen molar-refractivity contribution in [1.29, 1.82) is 0 Å². The number of halogens is 2. The minimum atomic E-state index is -3.89. The maximum atomic E-state index is 13.2. The van der Waals surface area contributed by atoms with Crippen molar-refractivity contribution in [2.45, 2.75) is 4.90 Å². The number of nitrogens with one attached hydrogen (secondary N) is 1. The Labute approximate surface area is 172 Å². The van der Waals surface area contributed by atoms with E-state index in [4.69, 9.17) is 23.2 Å². The maximum Gasteiger partial charge on any atom is 0.265 e. The summed E-state index contributed by atoms with van der Waals surface area (Å²) < 4.78 is 27.5. The summed E-state index contributed by atoms with van der Waals surface area (Å²) in [7, 11) is -3.89. The van der Waals surface area contributed by atoms with Gasteiger partial charge in [0.25, 0.3) is 10.0 Å². The number of rotatable bonds is 3. The maximum absolute atomic E-state index is 13.2. The van der Waals surface area contributed by atoms with E-state index in [1.807, 2.05) is 12.1 Å². The first-order valence-electron chi connectivity index (χ1n) is 8.34. The first kappa shape index (κ1) is 18.8. The normalized spacial score (nSPS) is 14.1. The largest absolute Gasteiger partial charge is 0.323 e. The highest BCUT2D eigenvalue weighted by atomic mass is 35.5. The van der Waals surface area contributed by atoms with E-state index in [0.29, 0.717) is 22.0 Å². The Morgan fingerprint density at radius 2 is 1.57 bits per heavy atom. The zero-order valence-corrected chi connectivity index (χ0v) is 16.7. The molecule has 142 valence electrons. The van der Waals surface area contributed by atoms with Gasteiger partial charge in [-0.05, 0) is 24.3 Å². The minimum absolute atomic E-state index is 0.169. The molecule has 0 fully saturated rings. The van der Waals surface area contributed by atoms with Crippen molar-refractivity contribution in [3.05, 3.63) is 76.8 Å². The van der Waals surface area contributed by atoms with E-state index >= 15 is 0 Å². The third kappa shape index (κ3) is 3.13. The van der Waals surface area contributed by atoms with Crippen LogP contribution in [-0.2, 0) is 14.8 Å². The highest BCUT2D eigenvalue weighted by Gasteiger charge is 2.35. The van der Waals surface area contributed by atoms with Crippen LogP contribution in [0.15, 0.2) is 71.6 Å². The first-order valence-corrected chi connectivity index (χ1v) is 10.5. The highest BCUT2D eigenvalue weighted by molar-refractivity contribution is 7.93. The van der Waals surface area contributed by atoms with E-state index in [1.54, 1.807) is 54.6 Å². The molecule has 0 aliphatic carbocycles. The van der Waals surface area contributed by atoms with Gasteiger partial charge in [0.2, 0.25) is 5.91 Å². The number of fused-ring (bicyclic) bond motifs is 3. The molecule has 0 spiro atoms. The molecule has 1 aliphatic heterocycles. The van der Waals surface area contributed by atoms with Crippen molar-refractivity contribution >= 4 is 50.5 Å². The number of hydrogen-bond acceptors (Lipinski definition) is 3. The Kier molecular flexibility index (Phi) is 4.79. The summed E-state index contributed by atoms with van der Waals surface area (Å²) in [5, 5.41) is 3.12. The van der Waals surface area contributed by atoms with Crippen LogP contribution in [0.5, 0.6) is 0 Å². The van der Waals surface area contributed by atoms with Crippen LogP contribution in [0.4, 0.5) is 11.4 Å². The molecule has 28 heavy (non-hydrogen) atoms. The van der Waals surface area contributed by atoms with E-state index in [2.05, 4.69) is 5.32 Å². The molecule has 0 unspecified atom stereocenters. The lowest BCUT2D eigenvalue weighted by molar-refractivity contribution is -0.114. The summed E-state index contributed by atoms with van der Waals surface area (Å²) in [5.41, 5.74) is 2.14. The molecular weight excluding hydrogens is 419 g/mol. The SMILES string of the molecule is O=C(CN1c2ccccc2-c2ccccc2S1(=O)=O)Nc1cccc(Cl)c1Cl. The topological polar surface area (TPSA) is 66.5 Å². The van der Waals surface area contributed by atoms with Crippen LogP contribution in [0.1, 0.15) is 0 Å². The minimum Gasteiger partial charge on any atom is -0.323 e. The van der Waals surface area contributed by atoms with Gasteiger partial charge < -0.3 is 5.32 Å². The van der Waals surface area contributed by atoms with Crippen LogP contribution in [-0.4, -0.2) is 20.9 Å². The predicted molar refractivity (Wildman–Crippen MR) is 112 cm³/mol. The molecule has 1 N–H and O–H groups in total. The van der Waals surface area contributed by atoms with Gasteiger partial charge in [-0.2, -0.15) is 0 Å². The van der Waals surface area contributed by atoms with E-state index in [9.17, 15) is 13.2 Å². The lowest BCUT2D eigenvalue weighted by atomic mass is 10.0. The molecular formula is C20H14Cl2N2O3S. The van der Waals surface area contributed by atoms with Gasteiger partial charge >= 0.3 is 0 Å². The number of carbonyl (C=O) groups is 1. The summed E-state index contributed by atoms with van der Waals surface area (Å²) in [4.78, 5) is 12.8. The fourth-order valence-corrected chi connectivity index (χ4v) is 5.17. The lowest BCUT2D eigenvalue weighted by Crippen LogP contribution is -2.40. The smallest absolute Gasteiger partial charge is 0.265 e. The number of carbonyl (C=O) groups excluding carboxylic acids is 1. The standard InChI is InChI=1S/C20H14Cl2N2O3S/c21-15-8-5-9-16(20(15)22)23-19(25)12-24-17-10-3-1-6-13(17)14-7-2-4-11-18(14)28(24,26)27/h1-11H,12H2,(H,23,25). The van der Waals surface area contributed by atoms with Crippen LogP contribution in [0.2, 0.25) is 10.0 Å². The number of hydrogen-bond donors (Lipinski definition) is 1. The van der Waals surface area contributed by atoms with Gasteiger partial charge in [0.05, 0.1) is 26.3 Å².